The minimum absolute atomic E-state index is 0.107. The highest BCUT2D eigenvalue weighted by molar-refractivity contribution is 5.71. The van der Waals surface area contributed by atoms with E-state index in [-0.39, 0.29) is 30.5 Å². The van der Waals surface area contributed by atoms with E-state index in [1.165, 1.54) is 6.33 Å². The van der Waals surface area contributed by atoms with Gasteiger partial charge in [0.2, 0.25) is 11.6 Å². The summed E-state index contributed by atoms with van der Waals surface area (Å²) in [4.78, 5) is 22.8. The van der Waals surface area contributed by atoms with Crippen LogP contribution in [0.4, 0.5) is 17.3 Å². The number of aliphatic hydroxyl groups excluding tert-OH is 1. The van der Waals surface area contributed by atoms with Crippen LogP contribution in [0.15, 0.2) is 36.7 Å². The van der Waals surface area contributed by atoms with Gasteiger partial charge in [-0.1, -0.05) is 30.3 Å². The molecule has 0 radical (unpaired) electrons. The van der Waals surface area contributed by atoms with Crippen LogP contribution in [0.1, 0.15) is 12.5 Å². The fraction of sp³-hybridized carbons (Fsp3) is 0.375. The number of hydrogen-bond acceptors (Lipinski definition) is 7. The van der Waals surface area contributed by atoms with E-state index in [9.17, 15) is 10.1 Å². The summed E-state index contributed by atoms with van der Waals surface area (Å²) in [5.41, 5.74) is 0.878. The lowest BCUT2D eigenvalue weighted by molar-refractivity contribution is -0.383. The first-order valence-corrected chi connectivity index (χ1v) is 7.68. The summed E-state index contributed by atoms with van der Waals surface area (Å²) in [6.07, 6.45) is 1.32. The molecule has 1 aromatic carbocycles. The molecule has 0 aliphatic rings. The molecular weight excluding hydrogens is 310 g/mol. The summed E-state index contributed by atoms with van der Waals surface area (Å²) in [5.74, 6) is 0.478. The molecule has 0 spiro atoms. The summed E-state index contributed by atoms with van der Waals surface area (Å²) in [6.45, 7) is 3.01. The zero-order chi connectivity index (χ0) is 17.5. The van der Waals surface area contributed by atoms with Crippen molar-refractivity contribution in [1.29, 1.82) is 0 Å². The highest BCUT2D eigenvalue weighted by Crippen LogP contribution is 2.34. The lowest BCUT2D eigenvalue weighted by atomic mass is 10.2. The number of anilines is 2. The van der Waals surface area contributed by atoms with Crippen LogP contribution < -0.4 is 9.80 Å². The normalized spacial score (nSPS) is 10.5. The number of hydrogen-bond donors (Lipinski definition) is 1. The van der Waals surface area contributed by atoms with Crippen molar-refractivity contribution in [3.63, 3.8) is 0 Å². The maximum absolute atomic E-state index is 11.6. The molecule has 0 fully saturated rings. The first kappa shape index (κ1) is 17.6. The van der Waals surface area contributed by atoms with Crippen molar-refractivity contribution in [1.82, 2.24) is 9.97 Å². The maximum Gasteiger partial charge on any atom is 0.353 e. The number of aliphatic hydroxyl groups is 1. The molecule has 8 heteroatoms. The van der Waals surface area contributed by atoms with Gasteiger partial charge in [0, 0.05) is 26.7 Å². The molecule has 0 saturated heterocycles. The highest BCUT2D eigenvalue weighted by atomic mass is 16.6. The summed E-state index contributed by atoms with van der Waals surface area (Å²) >= 11 is 0. The second kappa shape index (κ2) is 8.21. The molecule has 0 aliphatic heterocycles. The van der Waals surface area contributed by atoms with Gasteiger partial charge in [-0.25, -0.2) is 9.97 Å². The number of aromatic nitrogens is 2. The van der Waals surface area contributed by atoms with Gasteiger partial charge in [0.05, 0.1) is 11.5 Å². The Hall–Kier alpha value is -2.74. The molecule has 2 aromatic rings. The maximum atomic E-state index is 11.6. The van der Waals surface area contributed by atoms with E-state index >= 15 is 0 Å². The van der Waals surface area contributed by atoms with Crippen LogP contribution in [-0.2, 0) is 6.54 Å². The van der Waals surface area contributed by atoms with Crippen molar-refractivity contribution in [2.24, 2.45) is 0 Å². The molecule has 0 saturated carbocycles. The number of likely N-dealkylation sites (N-methyl/N-ethyl adjacent to an activating group) is 1. The van der Waals surface area contributed by atoms with Crippen molar-refractivity contribution in [3.8, 4) is 0 Å². The van der Waals surface area contributed by atoms with Gasteiger partial charge in [-0.15, -0.1) is 0 Å². The van der Waals surface area contributed by atoms with E-state index in [4.69, 9.17) is 5.11 Å². The summed E-state index contributed by atoms with van der Waals surface area (Å²) in [6, 6.07) is 9.66. The third-order valence-electron chi connectivity index (χ3n) is 3.64. The van der Waals surface area contributed by atoms with Crippen molar-refractivity contribution in [2.75, 3.05) is 36.5 Å². The molecule has 128 valence electrons. The van der Waals surface area contributed by atoms with Gasteiger partial charge in [0.15, 0.2) is 0 Å². The molecule has 8 nitrogen and oxygen atoms in total. The Kier molecular flexibility index (Phi) is 6.02. The smallest absolute Gasteiger partial charge is 0.353 e. The van der Waals surface area contributed by atoms with E-state index in [1.54, 1.807) is 16.8 Å². The van der Waals surface area contributed by atoms with Crippen LogP contribution in [0, 0.1) is 10.1 Å². The van der Waals surface area contributed by atoms with Gasteiger partial charge in [-0.05, 0) is 12.5 Å². The predicted octanol–water partition coefficient (Wildman–Crippen LogP) is 1.84. The first-order chi connectivity index (χ1) is 11.6. The molecule has 2 rings (SSSR count). The molecular formula is C16H21N5O3. The Labute approximate surface area is 140 Å². The third kappa shape index (κ3) is 3.96. The van der Waals surface area contributed by atoms with Gasteiger partial charge in [-0.2, -0.15) is 0 Å². The number of benzene rings is 1. The van der Waals surface area contributed by atoms with Crippen LogP contribution in [0.5, 0.6) is 0 Å². The van der Waals surface area contributed by atoms with Crippen molar-refractivity contribution >= 4 is 17.3 Å². The Balaban J connectivity index is 2.40. The van der Waals surface area contributed by atoms with Crippen LogP contribution in [0.3, 0.4) is 0 Å². The molecule has 24 heavy (non-hydrogen) atoms. The van der Waals surface area contributed by atoms with E-state index < -0.39 is 4.92 Å². The van der Waals surface area contributed by atoms with Crippen LogP contribution in [0.25, 0.3) is 0 Å². The lowest BCUT2D eigenvalue weighted by Gasteiger charge is -2.23. The molecule has 1 heterocycles. The van der Waals surface area contributed by atoms with Crippen LogP contribution in [-0.4, -0.2) is 46.7 Å². The minimum Gasteiger partial charge on any atom is -0.395 e. The summed E-state index contributed by atoms with van der Waals surface area (Å²) in [7, 11) is 1.76. The SMILES string of the molecule is CCN(CCO)c1ncnc(N(C)Cc2ccccc2)c1[N+](=O)[O-]. The van der Waals surface area contributed by atoms with Gasteiger partial charge in [0.25, 0.3) is 0 Å². The fourth-order valence-corrected chi connectivity index (χ4v) is 2.50. The number of nitro groups is 1. The van der Waals surface area contributed by atoms with E-state index in [2.05, 4.69) is 9.97 Å². The second-order valence-electron chi connectivity index (χ2n) is 5.27. The number of nitrogens with zero attached hydrogens (tertiary/aromatic N) is 5. The van der Waals surface area contributed by atoms with Gasteiger partial charge in [0.1, 0.15) is 6.33 Å². The Morgan fingerprint density at radius 2 is 1.88 bits per heavy atom. The monoisotopic (exact) mass is 331 g/mol. The molecule has 0 bridgehead atoms. The third-order valence-corrected chi connectivity index (χ3v) is 3.64. The Morgan fingerprint density at radius 1 is 1.21 bits per heavy atom. The van der Waals surface area contributed by atoms with Crippen molar-refractivity contribution in [2.45, 2.75) is 13.5 Å². The summed E-state index contributed by atoms with van der Waals surface area (Å²) < 4.78 is 0. The van der Waals surface area contributed by atoms with Crippen LogP contribution >= 0.6 is 0 Å². The van der Waals surface area contributed by atoms with E-state index in [0.717, 1.165) is 5.56 Å². The molecule has 1 N–H and O–H groups in total. The second-order valence-corrected chi connectivity index (χ2v) is 5.27. The Bertz CT molecular complexity index is 681. The van der Waals surface area contributed by atoms with Gasteiger partial charge < -0.3 is 14.9 Å². The largest absolute Gasteiger partial charge is 0.395 e. The Morgan fingerprint density at radius 3 is 2.46 bits per heavy atom. The topological polar surface area (TPSA) is 95.6 Å². The first-order valence-electron chi connectivity index (χ1n) is 7.68. The zero-order valence-corrected chi connectivity index (χ0v) is 13.8. The van der Waals surface area contributed by atoms with Gasteiger partial charge in [-0.3, -0.25) is 10.1 Å². The molecule has 0 aliphatic carbocycles. The average molecular weight is 331 g/mol. The highest BCUT2D eigenvalue weighted by Gasteiger charge is 2.28. The van der Waals surface area contributed by atoms with Crippen LogP contribution in [0.2, 0.25) is 0 Å². The fourth-order valence-electron chi connectivity index (χ4n) is 2.50. The van der Waals surface area contributed by atoms with Crippen molar-refractivity contribution < 1.29 is 10.0 Å². The van der Waals surface area contributed by atoms with Crippen molar-refractivity contribution in [3.05, 3.63) is 52.3 Å². The molecule has 0 unspecified atom stereocenters. The molecule has 0 atom stereocenters. The molecule has 0 amide bonds. The average Bonchev–Trinajstić information content (AvgIpc) is 2.59. The standard InChI is InChI=1S/C16H21N5O3/c1-3-20(9-10-22)16-14(21(23)24)15(17-12-18-16)19(2)11-13-7-5-4-6-8-13/h4-8,12,22H,3,9-11H2,1-2H3. The van der Waals surface area contributed by atoms with E-state index in [0.29, 0.717) is 13.1 Å². The molecule has 1 aromatic heterocycles. The predicted molar refractivity (Wildman–Crippen MR) is 92.2 cm³/mol. The quantitative estimate of drug-likeness (QED) is 0.582. The zero-order valence-electron chi connectivity index (χ0n) is 13.8. The lowest BCUT2D eigenvalue weighted by Crippen LogP contribution is -2.29. The minimum atomic E-state index is -0.466. The summed E-state index contributed by atoms with van der Waals surface area (Å²) in [5, 5.41) is 20.8. The van der Waals surface area contributed by atoms with Gasteiger partial charge >= 0.3 is 5.69 Å². The number of rotatable bonds is 8. The van der Waals surface area contributed by atoms with E-state index in [1.807, 2.05) is 37.3 Å².